The van der Waals surface area contributed by atoms with Crippen molar-refractivity contribution in [1.29, 1.82) is 10.5 Å². The fourth-order valence-electron chi connectivity index (χ4n) is 4.08. The van der Waals surface area contributed by atoms with Gasteiger partial charge < -0.3 is 0 Å². The van der Waals surface area contributed by atoms with Crippen molar-refractivity contribution >= 4 is 0 Å². The Kier molecular flexibility index (Phi) is 3.93. The maximum atomic E-state index is 9.38. The minimum Gasteiger partial charge on any atom is -0.198 e. The number of nitriles is 2. The van der Waals surface area contributed by atoms with Gasteiger partial charge in [0, 0.05) is 17.3 Å². The van der Waals surface area contributed by atoms with E-state index in [0.717, 1.165) is 12.8 Å². The van der Waals surface area contributed by atoms with Gasteiger partial charge in [0.1, 0.15) is 0 Å². The summed E-state index contributed by atoms with van der Waals surface area (Å²) in [4.78, 5) is 0. The van der Waals surface area contributed by atoms with Crippen molar-refractivity contribution in [1.82, 2.24) is 0 Å². The molecule has 0 aromatic heterocycles. The van der Waals surface area contributed by atoms with E-state index >= 15 is 0 Å². The van der Waals surface area contributed by atoms with Crippen LogP contribution in [0.25, 0.3) is 11.1 Å². The highest BCUT2D eigenvalue weighted by Gasteiger charge is 2.44. The van der Waals surface area contributed by atoms with Crippen LogP contribution < -0.4 is 0 Å². The molecule has 1 aliphatic carbocycles. The molecule has 1 aliphatic rings. The molecule has 114 valence electrons. The lowest BCUT2D eigenvalue weighted by Gasteiger charge is -2.34. The summed E-state index contributed by atoms with van der Waals surface area (Å²) in [5.41, 5.74) is 4.80. The lowest BCUT2D eigenvalue weighted by molar-refractivity contribution is 0.372. The molecule has 0 fully saturated rings. The predicted octanol–water partition coefficient (Wildman–Crippen LogP) is 5.05. The van der Waals surface area contributed by atoms with Gasteiger partial charge in [0.05, 0.1) is 12.1 Å². The van der Waals surface area contributed by atoms with Gasteiger partial charge in [-0.05, 0) is 48.9 Å². The van der Waals surface area contributed by atoms with Gasteiger partial charge in [0.25, 0.3) is 0 Å². The monoisotopic (exact) mass is 300 g/mol. The Hall–Kier alpha value is -2.58. The summed E-state index contributed by atoms with van der Waals surface area (Å²) in [5.74, 6) is -0.111. The van der Waals surface area contributed by atoms with Crippen LogP contribution in [0, 0.1) is 34.5 Å². The van der Waals surface area contributed by atoms with Gasteiger partial charge in [-0.1, -0.05) is 48.5 Å². The molecule has 3 rings (SSSR count). The van der Waals surface area contributed by atoms with Gasteiger partial charge in [0.15, 0.2) is 0 Å². The van der Waals surface area contributed by atoms with Crippen LogP contribution in [0.2, 0.25) is 0 Å². The Balaban J connectivity index is 2.25. The van der Waals surface area contributed by atoms with Gasteiger partial charge in [-0.3, -0.25) is 0 Å². The molecule has 2 unspecified atom stereocenters. The van der Waals surface area contributed by atoms with E-state index in [9.17, 15) is 10.5 Å². The molecular formula is C21H20N2. The summed E-state index contributed by atoms with van der Waals surface area (Å²) in [6.45, 7) is 3.95. The first kappa shape index (κ1) is 15.3. The van der Waals surface area contributed by atoms with Gasteiger partial charge in [-0.25, -0.2) is 0 Å². The third-order valence-electron chi connectivity index (χ3n) is 4.93. The van der Waals surface area contributed by atoms with E-state index in [-0.39, 0.29) is 17.3 Å². The molecule has 0 bridgehead atoms. The van der Waals surface area contributed by atoms with Crippen molar-refractivity contribution < 1.29 is 0 Å². The molecule has 0 heterocycles. The van der Waals surface area contributed by atoms with E-state index in [2.05, 4.69) is 60.7 Å². The average Bonchev–Trinajstić information content (AvgIpc) is 2.86. The lowest BCUT2D eigenvalue weighted by Crippen LogP contribution is -2.29. The number of benzene rings is 2. The molecule has 0 N–H and O–H groups in total. The number of rotatable bonds is 4. The molecule has 0 saturated heterocycles. The van der Waals surface area contributed by atoms with Gasteiger partial charge in [-0.15, -0.1) is 0 Å². The zero-order valence-corrected chi connectivity index (χ0v) is 13.6. The molecule has 0 saturated carbocycles. The van der Waals surface area contributed by atoms with Crippen LogP contribution in [-0.2, 0) is 5.41 Å². The first-order valence-electron chi connectivity index (χ1n) is 8.11. The Morgan fingerprint density at radius 2 is 1.17 bits per heavy atom. The quantitative estimate of drug-likeness (QED) is 0.793. The van der Waals surface area contributed by atoms with E-state index in [1.165, 1.54) is 22.3 Å². The van der Waals surface area contributed by atoms with Crippen molar-refractivity contribution in [2.75, 3.05) is 0 Å². The summed E-state index contributed by atoms with van der Waals surface area (Å²) in [6, 6.07) is 21.7. The van der Waals surface area contributed by atoms with Crippen LogP contribution in [-0.4, -0.2) is 0 Å². The molecule has 0 amide bonds. The van der Waals surface area contributed by atoms with E-state index in [4.69, 9.17) is 0 Å². The molecule has 0 aliphatic heterocycles. The van der Waals surface area contributed by atoms with Gasteiger partial charge in [-0.2, -0.15) is 10.5 Å². The molecule has 2 heteroatoms. The highest BCUT2D eigenvalue weighted by Crippen LogP contribution is 2.54. The fourth-order valence-corrected chi connectivity index (χ4v) is 4.08. The highest BCUT2D eigenvalue weighted by atomic mass is 14.5. The van der Waals surface area contributed by atoms with Crippen molar-refractivity contribution in [3.8, 4) is 23.3 Å². The number of hydrogen-bond donors (Lipinski definition) is 0. The maximum absolute atomic E-state index is 9.38. The normalized spacial score (nSPS) is 16.5. The second kappa shape index (κ2) is 5.90. The van der Waals surface area contributed by atoms with E-state index in [0.29, 0.717) is 0 Å². The summed E-state index contributed by atoms with van der Waals surface area (Å²) < 4.78 is 0. The van der Waals surface area contributed by atoms with Crippen molar-refractivity contribution in [3.05, 3.63) is 59.7 Å². The molecule has 2 nitrogen and oxygen atoms in total. The highest BCUT2D eigenvalue weighted by molar-refractivity contribution is 5.81. The summed E-state index contributed by atoms with van der Waals surface area (Å²) in [5, 5.41) is 18.8. The second-order valence-electron chi connectivity index (χ2n) is 6.64. The first-order valence-corrected chi connectivity index (χ1v) is 8.11. The Morgan fingerprint density at radius 3 is 1.57 bits per heavy atom. The summed E-state index contributed by atoms with van der Waals surface area (Å²) in [7, 11) is 0. The fraction of sp³-hybridized carbons (Fsp3) is 0.333. The van der Waals surface area contributed by atoms with E-state index in [1.807, 2.05) is 13.8 Å². The molecule has 2 aromatic carbocycles. The molecule has 0 radical (unpaired) electrons. The van der Waals surface area contributed by atoms with E-state index < -0.39 is 0 Å². The van der Waals surface area contributed by atoms with Gasteiger partial charge in [0.2, 0.25) is 0 Å². The Bertz CT molecular complexity index is 738. The van der Waals surface area contributed by atoms with Crippen molar-refractivity contribution in [3.63, 3.8) is 0 Å². The molecule has 23 heavy (non-hydrogen) atoms. The largest absolute Gasteiger partial charge is 0.198 e. The minimum atomic E-state index is -0.239. The number of fused-ring (bicyclic) bond motifs is 3. The molecular weight excluding hydrogens is 280 g/mol. The van der Waals surface area contributed by atoms with Crippen LogP contribution in [0.4, 0.5) is 0 Å². The van der Waals surface area contributed by atoms with Crippen LogP contribution in [0.15, 0.2) is 48.5 Å². The van der Waals surface area contributed by atoms with Crippen LogP contribution in [0.5, 0.6) is 0 Å². The summed E-state index contributed by atoms with van der Waals surface area (Å²) in [6.07, 6.45) is 1.51. The van der Waals surface area contributed by atoms with Crippen molar-refractivity contribution in [2.24, 2.45) is 11.8 Å². The SMILES string of the molecule is CC(C#N)CC1(CC(C)C#N)c2ccccc2-c2ccccc21. The van der Waals surface area contributed by atoms with Crippen LogP contribution >= 0.6 is 0 Å². The average molecular weight is 300 g/mol. The first-order chi connectivity index (χ1) is 11.1. The molecule has 2 atom stereocenters. The smallest absolute Gasteiger partial charge is 0.0653 e. The molecule has 2 aromatic rings. The Labute approximate surface area is 138 Å². The zero-order valence-electron chi connectivity index (χ0n) is 13.6. The predicted molar refractivity (Wildman–Crippen MR) is 91.4 cm³/mol. The standard InChI is InChI=1S/C21H20N2/c1-15(13-22)11-21(12-16(2)14-23)19-9-5-3-7-17(19)18-8-4-6-10-20(18)21/h3-10,15-16H,11-12H2,1-2H3. The zero-order chi connectivity index (χ0) is 16.4. The van der Waals surface area contributed by atoms with Crippen molar-refractivity contribution in [2.45, 2.75) is 32.1 Å². The van der Waals surface area contributed by atoms with Crippen LogP contribution in [0.3, 0.4) is 0 Å². The second-order valence-corrected chi connectivity index (χ2v) is 6.64. The maximum Gasteiger partial charge on any atom is 0.0653 e. The lowest BCUT2D eigenvalue weighted by atomic mass is 9.68. The summed E-state index contributed by atoms with van der Waals surface area (Å²) >= 11 is 0. The van der Waals surface area contributed by atoms with E-state index in [1.54, 1.807) is 0 Å². The molecule has 0 spiro atoms. The number of nitrogens with zero attached hydrogens (tertiary/aromatic N) is 2. The Morgan fingerprint density at radius 1 is 0.783 bits per heavy atom. The van der Waals surface area contributed by atoms with Crippen LogP contribution in [0.1, 0.15) is 37.8 Å². The third kappa shape index (κ3) is 2.41. The number of hydrogen-bond acceptors (Lipinski definition) is 2. The third-order valence-corrected chi connectivity index (χ3v) is 4.93. The minimum absolute atomic E-state index is 0.0555. The van der Waals surface area contributed by atoms with Gasteiger partial charge >= 0.3 is 0 Å². The topological polar surface area (TPSA) is 47.6 Å².